The summed E-state index contributed by atoms with van der Waals surface area (Å²) in [5.41, 5.74) is 5.85. The second-order valence-electron chi connectivity index (χ2n) is 4.85. The van der Waals surface area contributed by atoms with Crippen LogP contribution in [-0.4, -0.2) is 52.3 Å². The van der Waals surface area contributed by atoms with Crippen LogP contribution in [0.15, 0.2) is 29.2 Å². The van der Waals surface area contributed by atoms with Gasteiger partial charge in [-0.05, 0) is 24.3 Å². The highest BCUT2D eigenvalue weighted by molar-refractivity contribution is 7.89. The van der Waals surface area contributed by atoms with Crippen molar-refractivity contribution in [3.63, 3.8) is 0 Å². The number of rotatable bonds is 3. The first kappa shape index (κ1) is 16.9. The minimum absolute atomic E-state index is 0.0756. The summed E-state index contributed by atoms with van der Waals surface area (Å²) in [6.45, 7) is 1.11. The van der Waals surface area contributed by atoms with Crippen molar-refractivity contribution in [1.29, 1.82) is 0 Å². The van der Waals surface area contributed by atoms with Gasteiger partial charge in [-0.3, -0.25) is 0 Å². The predicted octanol–water partition coefficient (Wildman–Crippen LogP) is -0.399. The summed E-state index contributed by atoms with van der Waals surface area (Å²) < 4.78 is 22.2. The first-order valence-corrected chi connectivity index (χ1v) is 6.90. The van der Waals surface area contributed by atoms with Crippen molar-refractivity contribution < 1.29 is 18.0 Å². The number of hydrogen-bond acceptors (Lipinski definition) is 4. The van der Waals surface area contributed by atoms with Gasteiger partial charge in [0.2, 0.25) is 10.0 Å². The third-order valence-corrected chi connectivity index (χ3v) is 2.91. The van der Waals surface area contributed by atoms with Crippen LogP contribution in [0.25, 0.3) is 0 Å². The molecule has 104 valence electrons. The molecule has 0 atom stereocenters. The zero-order chi connectivity index (χ0) is 14.4. The normalized spacial score (nSPS) is 11.6. The Bertz CT molecular complexity index is 449. The number of nitrogen functional groups attached to an aromatic ring is 1. The van der Waals surface area contributed by atoms with E-state index >= 15 is 0 Å². The minimum atomic E-state index is -3.58. The molecule has 0 aromatic heterocycles. The SMILES string of the molecule is C[N+](C)(C)CCO.Nc1ccc(S(N)(=O)=O)cc1. The smallest absolute Gasteiger partial charge is 0.238 e. The molecule has 1 aromatic carbocycles. The summed E-state index contributed by atoms with van der Waals surface area (Å²) in [5.74, 6) is 0. The number of aliphatic hydroxyl groups excluding tert-OH is 1. The lowest BCUT2D eigenvalue weighted by atomic mass is 10.3. The largest absolute Gasteiger partial charge is 0.399 e. The van der Waals surface area contributed by atoms with Crippen molar-refractivity contribution in [2.45, 2.75) is 4.90 Å². The monoisotopic (exact) mass is 276 g/mol. The van der Waals surface area contributed by atoms with Crippen LogP contribution < -0.4 is 10.9 Å². The van der Waals surface area contributed by atoms with E-state index in [2.05, 4.69) is 21.1 Å². The minimum Gasteiger partial charge on any atom is -0.399 e. The molecule has 5 N–H and O–H groups in total. The van der Waals surface area contributed by atoms with E-state index in [1.807, 2.05) is 0 Å². The first-order chi connectivity index (χ1) is 8.06. The quantitative estimate of drug-likeness (QED) is 0.516. The molecule has 0 saturated carbocycles. The number of primary sulfonamides is 1. The molecule has 0 aliphatic rings. The van der Waals surface area contributed by atoms with Crippen LogP contribution in [0, 0.1) is 0 Å². The summed E-state index contributed by atoms with van der Waals surface area (Å²) in [6, 6.07) is 5.70. The van der Waals surface area contributed by atoms with Gasteiger partial charge in [0.05, 0.1) is 32.6 Å². The Kier molecular flexibility index (Phi) is 6.27. The van der Waals surface area contributed by atoms with E-state index in [9.17, 15) is 8.42 Å². The summed E-state index contributed by atoms with van der Waals surface area (Å²) in [6.07, 6.45) is 0. The van der Waals surface area contributed by atoms with Gasteiger partial charge < -0.3 is 15.3 Å². The molecular formula is C11H22N3O3S+. The Hall–Kier alpha value is -1.15. The van der Waals surface area contributed by atoms with Crippen LogP contribution in [0.3, 0.4) is 0 Å². The zero-order valence-corrected chi connectivity index (χ0v) is 11.8. The van der Waals surface area contributed by atoms with Crippen LogP contribution >= 0.6 is 0 Å². The second-order valence-corrected chi connectivity index (χ2v) is 6.41. The number of nitrogens with zero attached hydrogens (tertiary/aromatic N) is 1. The van der Waals surface area contributed by atoms with Crippen molar-refractivity contribution in [2.75, 3.05) is 40.0 Å². The van der Waals surface area contributed by atoms with Gasteiger partial charge in [0, 0.05) is 5.69 Å². The zero-order valence-electron chi connectivity index (χ0n) is 11.0. The van der Waals surface area contributed by atoms with Crippen molar-refractivity contribution in [3.8, 4) is 0 Å². The van der Waals surface area contributed by atoms with Crippen LogP contribution in [0.2, 0.25) is 0 Å². The Labute approximate surface area is 108 Å². The molecule has 0 amide bonds. The summed E-state index contributed by atoms with van der Waals surface area (Å²) in [4.78, 5) is 0.0756. The number of anilines is 1. The molecule has 0 aliphatic carbocycles. The molecule has 0 unspecified atom stereocenters. The van der Waals surface area contributed by atoms with E-state index in [1.165, 1.54) is 24.3 Å². The highest BCUT2D eigenvalue weighted by Gasteiger charge is 2.05. The lowest BCUT2D eigenvalue weighted by molar-refractivity contribution is -0.870. The lowest BCUT2D eigenvalue weighted by Crippen LogP contribution is -2.36. The predicted molar refractivity (Wildman–Crippen MR) is 72.2 cm³/mol. The molecule has 0 fully saturated rings. The molecule has 0 aliphatic heterocycles. The van der Waals surface area contributed by atoms with Gasteiger partial charge in [0.25, 0.3) is 0 Å². The van der Waals surface area contributed by atoms with Gasteiger partial charge >= 0.3 is 0 Å². The third kappa shape index (κ3) is 8.02. The Morgan fingerprint density at radius 3 is 1.83 bits per heavy atom. The van der Waals surface area contributed by atoms with Crippen molar-refractivity contribution in [2.24, 2.45) is 5.14 Å². The molecule has 0 bridgehead atoms. The Morgan fingerprint density at radius 2 is 1.61 bits per heavy atom. The number of sulfonamides is 1. The van der Waals surface area contributed by atoms with Crippen molar-refractivity contribution in [1.82, 2.24) is 0 Å². The van der Waals surface area contributed by atoms with Crippen LogP contribution in [0.4, 0.5) is 5.69 Å². The maximum atomic E-state index is 10.7. The molecule has 18 heavy (non-hydrogen) atoms. The van der Waals surface area contributed by atoms with E-state index in [-0.39, 0.29) is 11.5 Å². The average molecular weight is 276 g/mol. The fourth-order valence-corrected chi connectivity index (χ4v) is 1.47. The fraction of sp³-hybridized carbons (Fsp3) is 0.455. The van der Waals surface area contributed by atoms with E-state index in [1.54, 1.807) is 0 Å². The van der Waals surface area contributed by atoms with Crippen molar-refractivity contribution in [3.05, 3.63) is 24.3 Å². The van der Waals surface area contributed by atoms with E-state index < -0.39 is 10.0 Å². The molecule has 0 spiro atoms. The summed E-state index contributed by atoms with van der Waals surface area (Å²) in [7, 11) is 2.58. The van der Waals surface area contributed by atoms with Crippen molar-refractivity contribution >= 4 is 15.7 Å². The number of aliphatic hydroxyl groups is 1. The van der Waals surface area contributed by atoms with Crippen LogP contribution in [0.1, 0.15) is 0 Å². The van der Waals surface area contributed by atoms with Gasteiger partial charge in [-0.1, -0.05) is 0 Å². The van der Waals surface area contributed by atoms with E-state index in [0.29, 0.717) is 5.69 Å². The number of quaternary nitrogens is 1. The van der Waals surface area contributed by atoms with Gasteiger partial charge in [0.1, 0.15) is 6.54 Å². The van der Waals surface area contributed by atoms with Gasteiger partial charge in [-0.25, -0.2) is 13.6 Å². The molecular weight excluding hydrogens is 254 g/mol. The second kappa shape index (κ2) is 6.69. The Morgan fingerprint density at radius 1 is 1.17 bits per heavy atom. The number of nitrogens with two attached hydrogens (primary N) is 2. The molecule has 7 heteroatoms. The van der Waals surface area contributed by atoms with Gasteiger partial charge in [0.15, 0.2) is 0 Å². The third-order valence-electron chi connectivity index (χ3n) is 1.98. The topological polar surface area (TPSA) is 106 Å². The molecule has 1 rings (SSSR count). The van der Waals surface area contributed by atoms with Gasteiger partial charge in [-0.15, -0.1) is 0 Å². The molecule has 1 aromatic rings. The number of benzene rings is 1. The lowest BCUT2D eigenvalue weighted by Gasteiger charge is -2.21. The van der Waals surface area contributed by atoms with Gasteiger partial charge in [-0.2, -0.15) is 0 Å². The summed E-state index contributed by atoms with van der Waals surface area (Å²) >= 11 is 0. The molecule has 0 radical (unpaired) electrons. The molecule has 0 heterocycles. The van der Waals surface area contributed by atoms with E-state index in [0.717, 1.165) is 11.0 Å². The average Bonchev–Trinajstić information content (AvgIpc) is 2.15. The highest BCUT2D eigenvalue weighted by Crippen LogP contribution is 2.08. The maximum absolute atomic E-state index is 10.7. The first-order valence-electron chi connectivity index (χ1n) is 5.36. The van der Waals surface area contributed by atoms with Crippen LogP contribution in [-0.2, 0) is 10.0 Å². The summed E-state index contributed by atoms with van der Waals surface area (Å²) in [5, 5.41) is 13.2. The molecule has 0 saturated heterocycles. The number of hydrogen-bond donors (Lipinski definition) is 3. The molecule has 6 nitrogen and oxygen atoms in total. The maximum Gasteiger partial charge on any atom is 0.238 e. The standard InChI is InChI=1S/C6H8N2O2S.C5H14NO/c7-5-1-3-6(4-2-5)11(8,9)10;1-6(2,3)4-5-7/h1-4H,7H2,(H2,8,9,10);7H,4-5H2,1-3H3/q;+1. The fourth-order valence-electron chi connectivity index (χ4n) is 0.958. The van der Waals surface area contributed by atoms with Crippen LogP contribution in [0.5, 0.6) is 0 Å². The van der Waals surface area contributed by atoms with E-state index in [4.69, 9.17) is 16.0 Å². The number of likely N-dealkylation sites (N-methyl/N-ethyl adjacent to an activating group) is 1. The highest BCUT2D eigenvalue weighted by atomic mass is 32.2. The Balaban J connectivity index is 0.000000360.